The van der Waals surface area contributed by atoms with Crippen molar-refractivity contribution in [2.24, 2.45) is 0 Å². The van der Waals surface area contributed by atoms with Crippen LogP contribution in [-0.4, -0.2) is 28.4 Å². The molecule has 0 aromatic heterocycles. The number of nitrogens with one attached hydrogen (secondary N) is 1. The summed E-state index contributed by atoms with van der Waals surface area (Å²) in [5.41, 5.74) is -0.736. The van der Waals surface area contributed by atoms with Gasteiger partial charge in [0, 0.05) is 15.2 Å². The molecule has 20 heavy (non-hydrogen) atoms. The lowest BCUT2D eigenvalue weighted by atomic mass is 9.98. The molecule has 5 heteroatoms. The maximum absolute atomic E-state index is 11.6. The molecule has 0 aliphatic heterocycles. The number of rotatable bonds is 6. The molecule has 2 unspecified atom stereocenters. The second-order valence-corrected chi connectivity index (χ2v) is 7.06. The van der Waals surface area contributed by atoms with Gasteiger partial charge in [-0.3, -0.25) is 4.79 Å². The molecule has 0 radical (unpaired) electrons. The van der Waals surface area contributed by atoms with Crippen LogP contribution in [0.15, 0.2) is 29.2 Å². The molecule has 0 bridgehead atoms. The Labute approximate surface area is 129 Å². The number of hydrogen-bond acceptors (Lipinski definition) is 3. The lowest BCUT2D eigenvalue weighted by Crippen LogP contribution is -2.50. The van der Waals surface area contributed by atoms with Crippen molar-refractivity contribution < 1.29 is 9.90 Å². The number of carboxylic acids is 1. The molecule has 2 N–H and O–H groups in total. The average Bonchev–Trinajstić information content (AvgIpc) is 2.84. The van der Waals surface area contributed by atoms with Crippen LogP contribution in [0.5, 0.6) is 0 Å². The fourth-order valence-electron chi connectivity index (χ4n) is 2.60. The summed E-state index contributed by atoms with van der Waals surface area (Å²) in [4.78, 5) is 12.7. The monoisotopic (exact) mass is 313 g/mol. The molecule has 2 atom stereocenters. The molecule has 2 rings (SSSR count). The molecule has 0 heterocycles. The zero-order valence-corrected chi connectivity index (χ0v) is 13.1. The second kappa shape index (κ2) is 6.83. The fraction of sp³-hybridized carbons (Fsp3) is 0.533. The van der Waals surface area contributed by atoms with Gasteiger partial charge in [0.1, 0.15) is 5.54 Å². The van der Waals surface area contributed by atoms with Crippen molar-refractivity contribution in [3.8, 4) is 0 Å². The van der Waals surface area contributed by atoms with Crippen molar-refractivity contribution in [3.05, 3.63) is 29.3 Å². The molecular formula is C15H20ClNO2S. The van der Waals surface area contributed by atoms with Gasteiger partial charge in [0.15, 0.2) is 0 Å². The minimum absolute atomic E-state index is 0.344. The Morgan fingerprint density at radius 3 is 2.80 bits per heavy atom. The predicted molar refractivity (Wildman–Crippen MR) is 83.6 cm³/mol. The van der Waals surface area contributed by atoms with Crippen LogP contribution in [0, 0.1) is 0 Å². The number of carboxylic acid groups (broad SMARTS) is 1. The van der Waals surface area contributed by atoms with Gasteiger partial charge in [-0.1, -0.05) is 18.5 Å². The van der Waals surface area contributed by atoms with Crippen LogP contribution < -0.4 is 5.32 Å². The fourth-order valence-corrected chi connectivity index (χ4v) is 4.01. The van der Waals surface area contributed by atoms with E-state index >= 15 is 0 Å². The molecule has 1 aromatic carbocycles. The molecule has 0 spiro atoms. The van der Waals surface area contributed by atoms with Gasteiger partial charge in [-0.2, -0.15) is 0 Å². The molecule has 0 amide bonds. The lowest BCUT2D eigenvalue weighted by molar-refractivity contribution is -0.144. The first-order valence-corrected chi connectivity index (χ1v) is 8.22. The average molecular weight is 314 g/mol. The van der Waals surface area contributed by atoms with E-state index in [4.69, 9.17) is 11.6 Å². The van der Waals surface area contributed by atoms with Gasteiger partial charge < -0.3 is 10.4 Å². The van der Waals surface area contributed by atoms with Crippen molar-refractivity contribution >= 4 is 29.3 Å². The van der Waals surface area contributed by atoms with E-state index < -0.39 is 11.5 Å². The highest BCUT2D eigenvalue weighted by Crippen LogP contribution is 2.40. The zero-order valence-electron chi connectivity index (χ0n) is 11.6. The summed E-state index contributed by atoms with van der Waals surface area (Å²) in [6.45, 7) is 2.81. The van der Waals surface area contributed by atoms with Crippen molar-refractivity contribution in [3.63, 3.8) is 0 Å². The van der Waals surface area contributed by atoms with Gasteiger partial charge in [0.25, 0.3) is 0 Å². The predicted octanol–water partition coefficient (Wildman–Crippen LogP) is 3.81. The highest BCUT2D eigenvalue weighted by Gasteiger charge is 2.45. The summed E-state index contributed by atoms with van der Waals surface area (Å²) in [6, 6.07) is 7.73. The van der Waals surface area contributed by atoms with E-state index in [9.17, 15) is 9.90 Å². The van der Waals surface area contributed by atoms with Gasteiger partial charge >= 0.3 is 5.97 Å². The van der Waals surface area contributed by atoms with E-state index in [1.165, 1.54) is 0 Å². The summed E-state index contributed by atoms with van der Waals surface area (Å²) in [5, 5.41) is 13.8. The first kappa shape index (κ1) is 15.7. The first-order chi connectivity index (χ1) is 9.55. The molecule has 0 saturated heterocycles. The van der Waals surface area contributed by atoms with E-state index in [2.05, 4.69) is 12.2 Å². The Morgan fingerprint density at radius 2 is 2.20 bits per heavy atom. The molecule has 1 aromatic rings. The van der Waals surface area contributed by atoms with E-state index in [1.807, 2.05) is 24.3 Å². The molecule has 3 nitrogen and oxygen atoms in total. The summed E-state index contributed by atoms with van der Waals surface area (Å²) in [7, 11) is 0. The Bertz CT molecular complexity index is 465. The van der Waals surface area contributed by atoms with Crippen molar-refractivity contribution in [2.45, 2.75) is 48.3 Å². The SMILES string of the molecule is CCCNC1(C(=O)O)CCC(Sc2ccc(Cl)cc2)C1. The van der Waals surface area contributed by atoms with Crippen molar-refractivity contribution in [1.82, 2.24) is 5.32 Å². The van der Waals surface area contributed by atoms with E-state index in [0.717, 1.165) is 29.3 Å². The third kappa shape index (κ3) is 3.68. The maximum Gasteiger partial charge on any atom is 0.323 e. The minimum Gasteiger partial charge on any atom is -0.480 e. The normalized spacial score (nSPS) is 25.8. The number of benzene rings is 1. The Balaban J connectivity index is 1.99. The van der Waals surface area contributed by atoms with Gasteiger partial charge in [-0.15, -0.1) is 11.8 Å². The van der Waals surface area contributed by atoms with Gasteiger partial charge in [0.05, 0.1) is 0 Å². The molecule has 1 aliphatic rings. The molecule has 1 saturated carbocycles. The molecule has 1 fully saturated rings. The van der Waals surface area contributed by atoms with Crippen molar-refractivity contribution in [1.29, 1.82) is 0 Å². The summed E-state index contributed by atoms with van der Waals surface area (Å²) >= 11 is 7.63. The number of carbonyl (C=O) groups is 1. The van der Waals surface area contributed by atoms with Crippen LogP contribution in [0.3, 0.4) is 0 Å². The summed E-state index contributed by atoms with van der Waals surface area (Å²) < 4.78 is 0. The highest BCUT2D eigenvalue weighted by molar-refractivity contribution is 8.00. The standard InChI is InChI=1S/C15H20ClNO2S/c1-2-9-17-15(14(18)19)8-7-13(10-15)20-12-5-3-11(16)4-6-12/h3-6,13,17H,2,7-10H2,1H3,(H,18,19). The number of thioether (sulfide) groups is 1. The van der Waals surface area contributed by atoms with Crippen LogP contribution in [0.4, 0.5) is 0 Å². The topological polar surface area (TPSA) is 49.3 Å². The highest BCUT2D eigenvalue weighted by atomic mass is 35.5. The Morgan fingerprint density at radius 1 is 1.50 bits per heavy atom. The van der Waals surface area contributed by atoms with Crippen LogP contribution in [-0.2, 0) is 4.79 Å². The number of hydrogen-bond donors (Lipinski definition) is 2. The smallest absolute Gasteiger partial charge is 0.323 e. The van der Waals surface area contributed by atoms with Crippen LogP contribution in [0.2, 0.25) is 5.02 Å². The minimum atomic E-state index is -0.736. The van der Waals surface area contributed by atoms with Crippen LogP contribution in [0.1, 0.15) is 32.6 Å². The maximum atomic E-state index is 11.6. The third-order valence-electron chi connectivity index (χ3n) is 3.71. The van der Waals surface area contributed by atoms with E-state index in [-0.39, 0.29) is 0 Å². The lowest BCUT2D eigenvalue weighted by Gasteiger charge is -2.25. The van der Waals surface area contributed by atoms with Gasteiger partial charge in [-0.25, -0.2) is 0 Å². The largest absolute Gasteiger partial charge is 0.480 e. The first-order valence-electron chi connectivity index (χ1n) is 6.96. The van der Waals surface area contributed by atoms with Crippen LogP contribution in [0.25, 0.3) is 0 Å². The quantitative estimate of drug-likeness (QED) is 0.838. The van der Waals surface area contributed by atoms with E-state index in [1.54, 1.807) is 11.8 Å². The number of aliphatic carboxylic acids is 1. The summed E-state index contributed by atoms with van der Waals surface area (Å²) in [5.74, 6) is -0.717. The van der Waals surface area contributed by atoms with E-state index in [0.29, 0.717) is 18.1 Å². The molecule has 1 aliphatic carbocycles. The molecule has 110 valence electrons. The molecular weight excluding hydrogens is 294 g/mol. The third-order valence-corrected chi connectivity index (χ3v) is 5.24. The van der Waals surface area contributed by atoms with Gasteiger partial charge in [0.2, 0.25) is 0 Å². The van der Waals surface area contributed by atoms with Crippen LogP contribution >= 0.6 is 23.4 Å². The zero-order chi connectivity index (χ0) is 14.6. The van der Waals surface area contributed by atoms with Crippen molar-refractivity contribution in [2.75, 3.05) is 6.54 Å². The van der Waals surface area contributed by atoms with Gasteiger partial charge in [-0.05, 0) is 56.5 Å². The number of halogens is 1. The summed E-state index contributed by atoms with van der Waals surface area (Å²) in [6.07, 6.45) is 3.25. The Hall–Kier alpha value is -0.710. The Kier molecular flexibility index (Phi) is 5.35. The second-order valence-electron chi connectivity index (χ2n) is 5.25.